The summed E-state index contributed by atoms with van der Waals surface area (Å²) < 4.78 is 12.7. The average Bonchev–Trinajstić information content (AvgIpc) is 2.60. The van der Waals surface area contributed by atoms with E-state index in [4.69, 9.17) is 15.3 Å². The van der Waals surface area contributed by atoms with E-state index in [0.29, 0.717) is 0 Å². The number of halogens is 1. The van der Waals surface area contributed by atoms with Crippen LogP contribution in [-0.2, 0) is 26.2 Å². The van der Waals surface area contributed by atoms with Gasteiger partial charge in [0.1, 0.15) is 0 Å². The van der Waals surface area contributed by atoms with Crippen molar-refractivity contribution in [1.29, 1.82) is 0 Å². The molecule has 0 aliphatic rings. The normalized spacial score (nSPS) is 11.2. The van der Waals surface area contributed by atoms with Crippen LogP contribution in [0.25, 0.3) is 0 Å². The van der Waals surface area contributed by atoms with Crippen molar-refractivity contribution >= 4 is 20.3 Å². The maximum Gasteiger partial charge on any atom is 0 e. The fourth-order valence-corrected chi connectivity index (χ4v) is 1.45. The molecule has 0 saturated carbocycles. The first kappa shape index (κ1) is 31.4. The molecule has 0 atom stereocenters. The predicted molar refractivity (Wildman–Crippen MR) is 97.2 cm³/mol. The van der Waals surface area contributed by atoms with Crippen molar-refractivity contribution in [2.24, 2.45) is 0 Å². The summed E-state index contributed by atoms with van der Waals surface area (Å²) in [6.07, 6.45) is 0. The fourth-order valence-electron chi connectivity index (χ4n) is 0.503. The number of aliphatic hydroxyl groups is 3. The Morgan fingerprint density at radius 3 is 0.957 bits per heavy atom. The first-order valence-corrected chi connectivity index (χ1v) is 9.97. The first-order valence-electron chi connectivity index (χ1n) is 7.37. The van der Waals surface area contributed by atoms with Gasteiger partial charge in [-0.05, 0) is 62.3 Å². The third kappa shape index (κ3) is 104. The van der Waals surface area contributed by atoms with Crippen LogP contribution in [0.15, 0.2) is 24.3 Å². The first-order chi connectivity index (χ1) is 9.43. The average molecular weight is 471 g/mol. The molecule has 0 unspecified atom stereocenters. The van der Waals surface area contributed by atoms with Gasteiger partial charge < -0.3 is 15.3 Å². The molecule has 0 spiro atoms. The zero-order valence-corrected chi connectivity index (χ0v) is 21.7. The van der Waals surface area contributed by atoms with Crippen LogP contribution in [0.5, 0.6) is 0 Å². The van der Waals surface area contributed by atoms with E-state index >= 15 is 0 Å². The van der Waals surface area contributed by atoms with Crippen LogP contribution in [0.2, 0.25) is 0 Å². The number of hydrogen-bond donors (Lipinski definition) is 3. The Balaban J connectivity index is -0.000000105. The van der Waals surface area contributed by atoms with E-state index in [0.717, 1.165) is 4.40 Å². The van der Waals surface area contributed by atoms with Gasteiger partial charge in [0.05, 0.1) is 16.8 Å². The minimum atomic E-state index is -1.73. The molecule has 0 amide bonds. The van der Waals surface area contributed by atoms with Gasteiger partial charge >= 0.3 is 48.1 Å². The summed E-state index contributed by atoms with van der Waals surface area (Å²) in [5.74, 6) is 0. The van der Waals surface area contributed by atoms with Crippen molar-refractivity contribution in [3.8, 4) is 0 Å². The molecule has 0 bridgehead atoms. The molecule has 3 N–H and O–H groups in total. The van der Waals surface area contributed by atoms with E-state index in [2.05, 4.69) is 0 Å². The summed E-state index contributed by atoms with van der Waals surface area (Å²) in [6.45, 7) is 15.7. The summed E-state index contributed by atoms with van der Waals surface area (Å²) in [4.78, 5) is 0. The third-order valence-corrected chi connectivity index (χ3v) is 2.52. The van der Waals surface area contributed by atoms with E-state index in [-0.39, 0.29) is 26.2 Å². The minimum absolute atomic E-state index is 0. The molecular formula is C17H36FGeO3Zr-. The van der Waals surface area contributed by atoms with E-state index in [9.17, 15) is 3.50 Å². The summed E-state index contributed by atoms with van der Waals surface area (Å²) >= 11 is -1.73. The van der Waals surface area contributed by atoms with Gasteiger partial charge in [-0.25, -0.2) is 0 Å². The van der Waals surface area contributed by atoms with Crippen molar-refractivity contribution in [3.63, 3.8) is 0 Å². The second-order valence-corrected chi connectivity index (χ2v) is 10.2. The summed E-state index contributed by atoms with van der Waals surface area (Å²) in [6, 6.07) is 7.44. The van der Waals surface area contributed by atoms with E-state index in [1.807, 2.05) is 24.3 Å². The Hall–Kier alpha value is 0.586. The standard InChI is InChI=1S/C5H6FGe.3C4H10O.Zr/c6-7-5-3-1-2-4-5;3*1-4(2,3)5;/h1-4H,7H2;3*5H,1-3H3;/q-1;;;;. The van der Waals surface area contributed by atoms with Crippen LogP contribution in [0.4, 0.5) is 3.50 Å². The maximum absolute atomic E-state index is 11.7. The van der Waals surface area contributed by atoms with Crippen LogP contribution in [0.3, 0.4) is 0 Å². The van der Waals surface area contributed by atoms with Gasteiger partial charge in [0.15, 0.2) is 0 Å². The molecule has 6 heteroatoms. The molecule has 1 rings (SSSR count). The molecule has 0 saturated heterocycles. The topological polar surface area (TPSA) is 60.7 Å². The Morgan fingerprint density at radius 2 is 0.870 bits per heavy atom. The van der Waals surface area contributed by atoms with Crippen molar-refractivity contribution < 1.29 is 45.0 Å². The molecule has 0 aromatic heterocycles. The number of hydrogen-bond acceptors (Lipinski definition) is 3. The second-order valence-electron chi connectivity index (χ2n) is 7.94. The third-order valence-electron chi connectivity index (χ3n) is 0.886. The molecule has 0 aliphatic carbocycles. The van der Waals surface area contributed by atoms with Crippen LogP contribution < -0.4 is 4.40 Å². The Kier molecular flexibility index (Phi) is 20.3. The molecule has 1 aromatic carbocycles. The molecule has 23 heavy (non-hydrogen) atoms. The van der Waals surface area contributed by atoms with Gasteiger partial charge in [-0.15, -0.1) is 0 Å². The smallest absolute Gasteiger partial charge is 0 e. The van der Waals surface area contributed by atoms with Gasteiger partial charge in [-0.1, -0.05) is 0 Å². The van der Waals surface area contributed by atoms with E-state index in [1.54, 1.807) is 62.3 Å². The zero-order valence-electron chi connectivity index (χ0n) is 16.2. The van der Waals surface area contributed by atoms with E-state index < -0.39 is 32.7 Å². The van der Waals surface area contributed by atoms with Crippen LogP contribution in [-0.4, -0.2) is 48.0 Å². The molecule has 0 fully saturated rings. The maximum atomic E-state index is 11.7. The monoisotopic (exact) mass is 471 g/mol. The van der Waals surface area contributed by atoms with Gasteiger partial charge in [-0.3, -0.25) is 0 Å². The van der Waals surface area contributed by atoms with Crippen LogP contribution in [0.1, 0.15) is 62.3 Å². The fraction of sp³-hybridized carbons (Fsp3) is 0.706. The summed E-state index contributed by atoms with van der Waals surface area (Å²) in [5, 5.41) is 25.6. The molecule has 3 nitrogen and oxygen atoms in total. The van der Waals surface area contributed by atoms with Crippen molar-refractivity contribution in [1.82, 2.24) is 0 Å². The SMILES string of the molecule is CC(C)(C)O.CC(C)(C)O.CC(C)(C)O.[F][GeH2][c-]1cccc1.[Zr]. The molecular weight excluding hydrogens is 435 g/mol. The Labute approximate surface area is 168 Å². The minimum Gasteiger partial charge on any atom is 0 e. The Bertz CT molecular complexity index is 290. The van der Waals surface area contributed by atoms with Gasteiger partial charge in [0.2, 0.25) is 0 Å². The van der Waals surface area contributed by atoms with E-state index in [1.165, 1.54) is 0 Å². The summed E-state index contributed by atoms with van der Waals surface area (Å²) in [5.41, 5.74) is -1.50. The van der Waals surface area contributed by atoms with Crippen molar-refractivity contribution in [2.75, 3.05) is 0 Å². The van der Waals surface area contributed by atoms with Crippen LogP contribution in [0, 0.1) is 0 Å². The van der Waals surface area contributed by atoms with Crippen molar-refractivity contribution in [2.45, 2.75) is 79.1 Å². The van der Waals surface area contributed by atoms with Crippen LogP contribution >= 0.6 is 0 Å². The van der Waals surface area contributed by atoms with Gasteiger partial charge in [0, 0.05) is 26.2 Å². The largest absolute Gasteiger partial charge is 0 e. The van der Waals surface area contributed by atoms with Gasteiger partial charge in [0.25, 0.3) is 0 Å². The molecule has 1 aromatic rings. The van der Waals surface area contributed by atoms with Gasteiger partial charge in [-0.2, -0.15) is 0 Å². The second kappa shape index (κ2) is 14.9. The summed E-state index contributed by atoms with van der Waals surface area (Å²) in [7, 11) is 0. The molecule has 0 heterocycles. The van der Waals surface area contributed by atoms with Crippen molar-refractivity contribution in [3.05, 3.63) is 24.3 Å². The number of rotatable bonds is 1. The Morgan fingerprint density at radius 1 is 0.696 bits per heavy atom. The quantitative estimate of drug-likeness (QED) is 0.436. The molecule has 0 aliphatic heterocycles. The predicted octanol–water partition coefficient (Wildman–Crippen LogP) is 2.41. The zero-order chi connectivity index (χ0) is 18.6. The molecule has 138 valence electrons. The molecule has 0 radical (unpaired) electrons.